The van der Waals surface area contributed by atoms with Crippen LogP contribution in [0.3, 0.4) is 0 Å². The molecule has 3 aromatic rings. The molecule has 0 spiro atoms. The average Bonchev–Trinajstić information content (AvgIpc) is 2.81. The number of aromatic nitrogens is 2. The summed E-state index contributed by atoms with van der Waals surface area (Å²) in [5.41, 5.74) is 10.1. The van der Waals surface area contributed by atoms with Gasteiger partial charge in [-0.3, -0.25) is 0 Å². The summed E-state index contributed by atoms with van der Waals surface area (Å²) in [6.45, 7) is 2.03. The molecule has 0 amide bonds. The van der Waals surface area contributed by atoms with Crippen LogP contribution < -0.4 is 5.73 Å². The predicted octanol–water partition coefficient (Wildman–Crippen LogP) is 4.33. The van der Waals surface area contributed by atoms with Gasteiger partial charge in [0.05, 0.1) is 17.6 Å². The Hall–Kier alpha value is -2.14. The van der Waals surface area contributed by atoms with Crippen LogP contribution in [0.4, 0.5) is 10.1 Å². The summed E-state index contributed by atoms with van der Waals surface area (Å²) in [5, 5.41) is 4.51. The summed E-state index contributed by atoms with van der Waals surface area (Å²) in [6, 6.07) is 12.4. The van der Waals surface area contributed by atoms with Crippen LogP contribution in [0.15, 0.2) is 53.1 Å². The van der Waals surface area contributed by atoms with Crippen molar-refractivity contribution in [3.63, 3.8) is 0 Å². The second kappa shape index (κ2) is 5.33. The molecule has 3 rings (SSSR count). The lowest BCUT2D eigenvalue weighted by Gasteiger charge is -2.03. The lowest BCUT2D eigenvalue weighted by Crippen LogP contribution is -1.95. The Labute approximate surface area is 130 Å². The number of anilines is 1. The van der Waals surface area contributed by atoms with E-state index in [9.17, 15) is 4.39 Å². The Morgan fingerprint density at radius 2 is 1.86 bits per heavy atom. The summed E-state index contributed by atoms with van der Waals surface area (Å²) in [7, 11) is 0. The van der Waals surface area contributed by atoms with Crippen LogP contribution in [0.5, 0.6) is 0 Å². The Balaban J connectivity index is 2.07. The summed E-state index contributed by atoms with van der Waals surface area (Å²) in [4.78, 5) is 0. The third-order valence-corrected chi connectivity index (χ3v) is 3.88. The van der Waals surface area contributed by atoms with Crippen LogP contribution in [0.2, 0.25) is 0 Å². The fraction of sp³-hybridized carbons (Fsp3) is 0.0625. The van der Waals surface area contributed by atoms with Gasteiger partial charge in [0, 0.05) is 10.0 Å². The number of nitrogen functional groups attached to an aromatic ring is 1. The molecule has 3 nitrogen and oxygen atoms in total. The first kappa shape index (κ1) is 13.8. The van der Waals surface area contributed by atoms with Gasteiger partial charge in [-0.05, 0) is 53.2 Å². The third-order valence-electron chi connectivity index (χ3n) is 3.23. The SMILES string of the molecule is Cc1ccc(-n2cc(N)c(-c3ccc(F)cc3Br)n2)cc1. The summed E-state index contributed by atoms with van der Waals surface area (Å²) in [5.74, 6) is -0.304. The van der Waals surface area contributed by atoms with E-state index < -0.39 is 0 Å². The van der Waals surface area contributed by atoms with Crippen LogP contribution >= 0.6 is 15.9 Å². The molecule has 1 heterocycles. The molecule has 0 unspecified atom stereocenters. The van der Waals surface area contributed by atoms with Gasteiger partial charge in [-0.2, -0.15) is 5.10 Å². The number of benzene rings is 2. The van der Waals surface area contributed by atoms with Crippen molar-refractivity contribution in [1.29, 1.82) is 0 Å². The quantitative estimate of drug-likeness (QED) is 0.751. The van der Waals surface area contributed by atoms with E-state index in [0.29, 0.717) is 15.9 Å². The minimum Gasteiger partial charge on any atom is -0.396 e. The van der Waals surface area contributed by atoms with Gasteiger partial charge < -0.3 is 5.73 Å². The molecule has 21 heavy (non-hydrogen) atoms. The predicted molar refractivity (Wildman–Crippen MR) is 85.8 cm³/mol. The Morgan fingerprint density at radius 1 is 1.14 bits per heavy atom. The molecule has 5 heteroatoms. The van der Waals surface area contributed by atoms with E-state index in [1.807, 2.05) is 31.2 Å². The van der Waals surface area contributed by atoms with Crippen molar-refractivity contribution in [2.75, 3.05) is 5.73 Å². The summed E-state index contributed by atoms with van der Waals surface area (Å²) >= 11 is 3.35. The smallest absolute Gasteiger partial charge is 0.124 e. The number of hydrogen-bond acceptors (Lipinski definition) is 2. The van der Waals surface area contributed by atoms with Crippen LogP contribution in [-0.4, -0.2) is 9.78 Å². The first-order valence-corrected chi connectivity index (χ1v) is 7.21. The number of hydrogen-bond donors (Lipinski definition) is 1. The van der Waals surface area contributed by atoms with E-state index in [4.69, 9.17) is 5.73 Å². The number of rotatable bonds is 2. The minimum absolute atomic E-state index is 0.304. The van der Waals surface area contributed by atoms with Crippen LogP contribution in [0.25, 0.3) is 16.9 Å². The molecule has 0 fully saturated rings. The highest BCUT2D eigenvalue weighted by Crippen LogP contribution is 2.32. The molecule has 0 aliphatic heterocycles. The lowest BCUT2D eigenvalue weighted by molar-refractivity contribution is 0.627. The van der Waals surface area contributed by atoms with Gasteiger partial charge in [-0.15, -0.1) is 0 Å². The molecule has 106 valence electrons. The Kier molecular flexibility index (Phi) is 3.51. The minimum atomic E-state index is -0.304. The fourth-order valence-corrected chi connectivity index (χ4v) is 2.65. The molecule has 2 aromatic carbocycles. The zero-order valence-electron chi connectivity index (χ0n) is 11.3. The topological polar surface area (TPSA) is 43.8 Å². The molecule has 0 aliphatic carbocycles. The maximum Gasteiger partial charge on any atom is 0.124 e. The molecule has 1 aromatic heterocycles. The summed E-state index contributed by atoms with van der Waals surface area (Å²) in [6.07, 6.45) is 1.76. The Bertz CT molecular complexity index is 794. The highest BCUT2D eigenvalue weighted by Gasteiger charge is 2.13. The number of halogens is 2. The van der Waals surface area contributed by atoms with E-state index in [0.717, 1.165) is 11.3 Å². The largest absolute Gasteiger partial charge is 0.396 e. The zero-order valence-corrected chi connectivity index (χ0v) is 12.9. The van der Waals surface area contributed by atoms with Crippen molar-refractivity contribution < 1.29 is 4.39 Å². The van der Waals surface area contributed by atoms with Crippen molar-refractivity contribution in [1.82, 2.24) is 9.78 Å². The molecule has 0 radical (unpaired) electrons. The van der Waals surface area contributed by atoms with Crippen molar-refractivity contribution >= 4 is 21.6 Å². The van der Waals surface area contributed by atoms with Crippen LogP contribution in [-0.2, 0) is 0 Å². The van der Waals surface area contributed by atoms with Gasteiger partial charge in [0.25, 0.3) is 0 Å². The highest BCUT2D eigenvalue weighted by molar-refractivity contribution is 9.10. The first-order chi connectivity index (χ1) is 10.0. The molecule has 0 aliphatic rings. The van der Waals surface area contributed by atoms with Gasteiger partial charge >= 0.3 is 0 Å². The van der Waals surface area contributed by atoms with Crippen molar-refractivity contribution in [2.24, 2.45) is 0 Å². The fourth-order valence-electron chi connectivity index (χ4n) is 2.11. The maximum absolute atomic E-state index is 13.2. The van der Waals surface area contributed by atoms with Gasteiger partial charge in [0.2, 0.25) is 0 Å². The molecule has 0 saturated heterocycles. The Morgan fingerprint density at radius 3 is 2.52 bits per heavy atom. The normalized spacial score (nSPS) is 10.8. The maximum atomic E-state index is 13.2. The van der Waals surface area contributed by atoms with E-state index in [1.165, 1.54) is 17.7 Å². The van der Waals surface area contributed by atoms with E-state index >= 15 is 0 Å². The van der Waals surface area contributed by atoms with Crippen LogP contribution in [0, 0.1) is 12.7 Å². The van der Waals surface area contributed by atoms with E-state index in [-0.39, 0.29) is 5.82 Å². The first-order valence-electron chi connectivity index (χ1n) is 6.42. The van der Waals surface area contributed by atoms with Gasteiger partial charge in [0.1, 0.15) is 11.5 Å². The van der Waals surface area contributed by atoms with Crippen molar-refractivity contribution in [3.05, 3.63) is 64.5 Å². The number of nitrogens with zero attached hydrogens (tertiary/aromatic N) is 2. The van der Waals surface area contributed by atoms with Gasteiger partial charge in [0.15, 0.2) is 0 Å². The lowest BCUT2D eigenvalue weighted by atomic mass is 10.1. The molecule has 0 saturated carbocycles. The molecule has 0 bridgehead atoms. The number of nitrogens with two attached hydrogens (primary N) is 1. The van der Waals surface area contributed by atoms with Crippen LogP contribution in [0.1, 0.15) is 5.56 Å². The zero-order chi connectivity index (χ0) is 15.0. The van der Waals surface area contributed by atoms with E-state index in [2.05, 4.69) is 21.0 Å². The highest BCUT2D eigenvalue weighted by atomic mass is 79.9. The standard InChI is InChI=1S/C16H13BrFN3/c1-10-2-5-12(6-3-10)21-9-15(19)16(20-21)13-7-4-11(18)8-14(13)17/h2-9H,19H2,1H3. The summed E-state index contributed by atoms with van der Waals surface area (Å²) < 4.78 is 15.5. The molecule has 0 atom stereocenters. The van der Waals surface area contributed by atoms with Gasteiger partial charge in [-0.1, -0.05) is 17.7 Å². The number of aryl methyl sites for hydroxylation is 1. The van der Waals surface area contributed by atoms with E-state index in [1.54, 1.807) is 16.9 Å². The second-order valence-electron chi connectivity index (χ2n) is 4.84. The monoisotopic (exact) mass is 345 g/mol. The van der Waals surface area contributed by atoms with Crippen molar-refractivity contribution in [2.45, 2.75) is 6.92 Å². The molecular weight excluding hydrogens is 333 g/mol. The van der Waals surface area contributed by atoms with Crippen molar-refractivity contribution in [3.8, 4) is 16.9 Å². The average molecular weight is 346 g/mol. The molecular formula is C16H13BrFN3. The second-order valence-corrected chi connectivity index (χ2v) is 5.69. The van der Waals surface area contributed by atoms with Gasteiger partial charge in [-0.25, -0.2) is 9.07 Å². The third kappa shape index (κ3) is 2.69. The molecule has 2 N–H and O–H groups in total.